The summed E-state index contributed by atoms with van der Waals surface area (Å²) in [5, 5.41) is 5.51. The molecule has 242 valence electrons. The lowest BCUT2D eigenvalue weighted by Gasteiger charge is -2.28. The molecule has 3 aromatic rings. The highest BCUT2D eigenvalue weighted by Crippen LogP contribution is 2.37. The van der Waals surface area contributed by atoms with Gasteiger partial charge in [-0.05, 0) is 63.8 Å². The Morgan fingerprint density at radius 3 is 2.44 bits per heavy atom. The van der Waals surface area contributed by atoms with Gasteiger partial charge in [0.1, 0.15) is 11.7 Å². The minimum atomic E-state index is -0.659. The number of rotatable bonds is 11. The number of alkyl carbamates (subject to hydrolysis) is 1. The number of carbonyl (C=O) groups excluding carboxylic acids is 2. The van der Waals surface area contributed by atoms with Gasteiger partial charge in [0.05, 0.1) is 32.6 Å². The van der Waals surface area contributed by atoms with Crippen molar-refractivity contribution < 1.29 is 19.1 Å². The number of carbonyl (C=O) groups is 2. The summed E-state index contributed by atoms with van der Waals surface area (Å²) in [6.07, 6.45) is 4.18. The summed E-state index contributed by atoms with van der Waals surface area (Å²) in [6.45, 7) is 7.25. The van der Waals surface area contributed by atoms with Crippen LogP contribution in [0.25, 0.3) is 0 Å². The van der Waals surface area contributed by atoms with Crippen LogP contribution in [0.2, 0.25) is 20.1 Å². The van der Waals surface area contributed by atoms with Gasteiger partial charge in [-0.25, -0.2) is 9.78 Å². The van der Waals surface area contributed by atoms with Crippen molar-refractivity contribution >= 4 is 74.9 Å². The van der Waals surface area contributed by atoms with Gasteiger partial charge in [-0.1, -0.05) is 64.6 Å². The third kappa shape index (κ3) is 9.10. The molecule has 45 heavy (non-hydrogen) atoms. The van der Waals surface area contributed by atoms with E-state index in [1.54, 1.807) is 45.0 Å². The first-order valence-corrected chi connectivity index (χ1v) is 17.2. The average molecular weight is 715 g/mol. The molecule has 2 fully saturated rings. The SMILES string of the molecule is CC(C)(C)OC(=O)NC[C@H](Cc1cnc(N2CC[C@@H](Oc3c(Cl)cccc3Cl)C2)s1)C(=O)N(Cc1cccc(Cl)c1Cl)C1CC1. The lowest BCUT2D eigenvalue weighted by molar-refractivity contribution is -0.136. The molecule has 1 aliphatic carbocycles. The smallest absolute Gasteiger partial charge is 0.407 e. The fourth-order valence-electron chi connectivity index (χ4n) is 5.17. The standard InChI is InChI=1S/C32H36Cl4N4O4S/c1-32(2,3)44-31(42)38-15-20(29(41)40(21-10-11-21)17-19-6-4-7-24(33)27(19)36)14-23-16-37-30(45-23)39-13-12-22(18-39)43-28-25(34)8-5-9-26(28)35/h4-9,16,20-22H,10-15,17-18H2,1-3H3,(H,38,42)/t20-,22+/m0/s1. The maximum atomic E-state index is 14.2. The predicted molar refractivity (Wildman–Crippen MR) is 181 cm³/mol. The molecule has 0 spiro atoms. The average Bonchev–Trinajstić information content (AvgIpc) is 3.51. The number of amides is 2. The van der Waals surface area contributed by atoms with Crippen molar-refractivity contribution in [3.63, 3.8) is 0 Å². The van der Waals surface area contributed by atoms with Crippen LogP contribution in [-0.4, -0.2) is 59.3 Å². The molecule has 2 amide bonds. The third-order valence-corrected chi connectivity index (χ3v) is 10.0. The number of hydrogen-bond donors (Lipinski definition) is 1. The van der Waals surface area contributed by atoms with Crippen molar-refractivity contribution in [1.29, 1.82) is 0 Å². The normalized spacial score (nSPS) is 17.2. The topological polar surface area (TPSA) is 84.0 Å². The fourth-order valence-corrected chi connectivity index (χ4v) is 7.06. The van der Waals surface area contributed by atoms with Gasteiger partial charge in [0.25, 0.3) is 0 Å². The maximum absolute atomic E-state index is 14.2. The van der Waals surface area contributed by atoms with Gasteiger partial charge in [-0.15, -0.1) is 11.3 Å². The molecule has 13 heteroatoms. The summed E-state index contributed by atoms with van der Waals surface area (Å²) in [7, 11) is 0. The molecular formula is C32H36Cl4N4O4S. The van der Waals surface area contributed by atoms with Crippen LogP contribution in [0.1, 0.15) is 50.5 Å². The summed E-state index contributed by atoms with van der Waals surface area (Å²) >= 11 is 26.9. The monoisotopic (exact) mass is 712 g/mol. The zero-order valence-corrected chi connectivity index (χ0v) is 29.2. The number of thiazole rings is 1. The van der Waals surface area contributed by atoms with Gasteiger partial charge in [0, 0.05) is 43.2 Å². The Kier molecular flexibility index (Phi) is 11.0. The van der Waals surface area contributed by atoms with Crippen LogP contribution >= 0.6 is 57.7 Å². The summed E-state index contributed by atoms with van der Waals surface area (Å²) in [5.74, 6) is -0.113. The van der Waals surface area contributed by atoms with E-state index in [1.807, 2.05) is 23.2 Å². The van der Waals surface area contributed by atoms with Crippen LogP contribution in [0.15, 0.2) is 42.6 Å². The Morgan fingerprint density at radius 1 is 1.07 bits per heavy atom. The van der Waals surface area contributed by atoms with Crippen LogP contribution in [0.4, 0.5) is 9.93 Å². The van der Waals surface area contributed by atoms with E-state index in [9.17, 15) is 9.59 Å². The Morgan fingerprint density at radius 2 is 1.76 bits per heavy atom. The lowest BCUT2D eigenvalue weighted by Crippen LogP contribution is -2.44. The molecule has 1 aliphatic heterocycles. The minimum Gasteiger partial charge on any atom is -0.485 e. The number of benzene rings is 2. The van der Waals surface area contributed by atoms with E-state index < -0.39 is 17.6 Å². The summed E-state index contributed by atoms with van der Waals surface area (Å²) < 4.78 is 11.6. The minimum absolute atomic E-state index is 0.0641. The zero-order valence-electron chi connectivity index (χ0n) is 25.3. The molecule has 0 bridgehead atoms. The molecule has 8 nitrogen and oxygen atoms in total. The van der Waals surface area contributed by atoms with Crippen molar-refractivity contribution in [2.45, 2.75) is 70.7 Å². The van der Waals surface area contributed by atoms with E-state index in [4.69, 9.17) is 55.9 Å². The third-order valence-electron chi connectivity index (χ3n) is 7.49. The zero-order chi connectivity index (χ0) is 32.3. The quantitative estimate of drug-likeness (QED) is 0.215. The Balaban J connectivity index is 1.29. The van der Waals surface area contributed by atoms with E-state index in [0.717, 1.165) is 41.4 Å². The van der Waals surface area contributed by atoms with Gasteiger partial charge in [0.15, 0.2) is 10.9 Å². The summed E-state index contributed by atoms with van der Waals surface area (Å²) in [5.41, 5.74) is 0.126. The number of anilines is 1. The number of para-hydroxylation sites is 1. The molecule has 2 atom stereocenters. The second-order valence-corrected chi connectivity index (χ2v) is 15.0. The van der Waals surface area contributed by atoms with E-state index in [0.29, 0.717) is 45.4 Å². The van der Waals surface area contributed by atoms with Crippen molar-refractivity contribution in [3.8, 4) is 5.75 Å². The molecular weight excluding hydrogens is 678 g/mol. The van der Waals surface area contributed by atoms with Crippen LogP contribution in [0.3, 0.4) is 0 Å². The molecule has 2 aromatic carbocycles. The van der Waals surface area contributed by atoms with E-state index in [1.165, 1.54) is 11.3 Å². The van der Waals surface area contributed by atoms with Crippen molar-refractivity contribution in [3.05, 3.63) is 73.1 Å². The molecule has 5 rings (SSSR count). The van der Waals surface area contributed by atoms with Gasteiger partial charge in [-0.2, -0.15) is 0 Å². The molecule has 0 radical (unpaired) electrons. The van der Waals surface area contributed by atoms with Crippen LogP contribution < -0.4 is 15.0 Å². The van der Waals surface area contributed by atoms with E-state index >= 15 is 0 Å². The molecule has 2 aliphatic rings. The summed E-state index contributed by atoms with van der Waals surface area (Å²) in [6, 6.07) is 10.8. The first-order valence-electron chi connectivity index (χ1n) is 14.9. The lowest BCUT2D eigenvalue weighted by atomic mass is 10.0. The maximum Gasteiger partial charge on any atom is 0.407 e. The van der Waals surface area contributed by atoms with Crippen LogP contribution in [-0.2, 0) is 22.5 Å². The molecule has 1 N–H and O–H groups in total. The predicted octanol–water partition coefficient (Wildman–Crippen LogP) is 8.29. The summed E-state index contributed by atoms with van der Waals surface area (Å²) in [4.78, 5) is 36.4. The Labute approximate surface area is 287 Å². The van der Waals surface area contributed by atoms with Crippen molar-refractivity contribution in [1.82, 2.24) is 15.2 Å². The second-order valence-electron chi connectivity index (χ2n) is 12.3. The van der Waals surface area contributed by atoms with Crippen molar-refractivity contribution in [2.75, 3.05) is 24.5 Å². The first-order chi connectivity index (χ1) is 21.4. The van der Waals surface area contributed by atoms with Crippen LogP contribution in [0.5, 0.6) is 5.75 Å². The Hall–Kier alpha value is -2.43. The van der Waals surface area contributed by atoms with E-state index in [2.05, 4.69) is 15.2 Å². The van der Waals surface area contributed by atoms with Gasteiger partial charge < -0.3 is 24.6 Å². The molecule has 1 aromatic heterocycles. The molecule has 1 saturated carbocycles. The number of hydrogen-bond acceptors (Lipinski definition) is 7. The highest BCUT2D eigenvalue weighted by molar-refractivity contribution is 7.15. The highest BCUT2D eigenvalue weighted by Gasteiger charge is 2.37. The second kappa shape index (κ2) is 14.6. The number of nitrogens with zero attached hydrogens (tertiary/aromatic N) is 3. The largest absolute Gasteiger partial charge is 0.485 e. The fraction of sp³-hybridized carbons (Fsp3) is 0.469. The number of halogens is 4. The van der Waals surface area contributed by atoms with Crippen LogP contribution in [0, 0.1) is 5.92 Å². The Bertz CT molecular complexity index is 1510. The molecule has 0 unspecified atom stereocenters. The van der Waals surface area contributed by atoms with Crippen molar-refractivity contribution in [2.24, 2.45) is 5.92 Å². The van der Waals surface area contributed by atoms with Gasteiger partial charge in [0.2, 0.25) is 5.91 Å². The van der Waals surface area contributed by atoms with Gasteiger partial charge in [-0.3, -0.25) is 4.79 Å². The number of nitrogens with one attached hydrogen (secondary N) is 1. The number of ether oxygens (including phenoxy) is 2. The first kappa shape index (κ1) is 33.9. The molecule has 2 heterocycles. The molecule has 1 saturated heterocycles. The van der Waals surface area contributed by atoms with Gasteiger partial charge >= 0.3 is 6.09 Å². The number of aromatic nitrogens is 1. The van der Waals surface area contributed by atoms with E-state index in [-0.39, 0.29) is 24.6 Å². The highest BCUT2D eigenvalue weighted by atomic mass is 35.5.